The quantitative estimate of drug-likeness (QED) is 0.783. The van der Waals surface area contributed by atoms with Gasteiger partial charge in [-0.25, -0.2) is 14.2 Å². The maximum atomic E-state index is 13.5. The first-order valence-corrected chi connectivity index (χ1v) is 11.4. The van der Waals surface area contributed by atoms with Crippen molar-refractivity contribution in [2.75, 3.05) is 50.8 Å². The van der Waals surface area contributed by atoms with Crippen molar-refractivity contribution in [1.29, 1.82) is 0 Å². The monoisotopic (exact) mass is 442 g/mol. The second-order valence-electron chi connectivity index (χ2n) is 8.48. The summed E-state index contributed by atoms with van der Waals surface area (Å²) in [6, 6.07) is 3.99. The van der Waals surface area contributed by atoms with E-state index < -0.39 is 6.17 Å². The number of piperazine rings is 1. The van der Waals surface area contributed by atoms with Crippen LogP contribution in [-0.4, -0.2) is 78.0 Å². The number of carbonyl (C=O) groups is 1. The highest BCUT2D eigenvalue weighted by molar-refractivity contribution is 5.72. The zero-order chi connectivity index (χ0) is 22.4. The molecule has 0 bridgehead atoms. The third kappa shape index (κ3) is 4.82. The van der Waals surface area contributed by atoms with Crippen molar-refractivity contribution in [2.45, 2.75) is 32.4 Å². The number of likely N-dealkylation sites (tertiary alicyclic amines) is 1. The number of hydrogen-bond acceptors (Lipinski definition) is 7. The minimum atomic E-state index is -0.715. The molecular formula is C23H31FN6O2. The lowest BCUT2D eigenvalue weighted by Crippen LogP contribution is -2.60. The molecule has 32 heavy (non-hydrogen) atoms. The van der Waals surface area contributed by atoms with E-state index >= 15 is 0 Å². The second-order valence-corrected chi connectivity index (χ2v) is 8.48. The molecule has 5 rings (SSSR count). The van der Waals surface area contributed by atoms with Crippen molar-refractivity contribution in [3.63, 3.8) is 0 Å². The highest BCUT2D eigenvalue weighted by Gasteiger charge is 2.53. The molecule has 3 aliphatic rings. The van der Waals surface area contributed by atoms with Crippen LogP contribution < -0.4 is 10.2 Å². The normalized spacial score (nSPS) is 21.5. The van der Waals surface area contributed by atoms with Crippen molar-refractivity contribution >= 4 is 11.9 Å². The van der Waals surface area contributed by atoms with Gasteiger partial charge in [-0.15, -0.1) is 0 Å². The van der Waals surface area contributed by atoms with Crippen LogP contribution in [0.25, 0.3) is 11.3 Å². The van der Waals surface area contributed by atoms with Crippen molar-refractivity contribution in [1.82, 2.24) is 25.2 Å². The Labute approximate surface area is 188 Å². The van der Waals surface area contributed by atoms with Crippen LogP contribution >= 0.6 is 0 Å². The Morgan fingerprint density at radius 2 is 2.06 bits per heavy atom. The van der Waals surface area contributed by atoms with Crippen LogP contribution in [0.3, 0.4) is 0 Å². The molecule has 2 aromatic heterocycles. The van der Waals surface area contributed by atoms with Crippen LogP contribution in [0.15, 0.2) is 36.9 Å². The van der Waals surface area contributed by atoms with Crippen LogP contribution in [0.1, 0.15) is 26.2 Å². The fraction of sp³-hybridized carbons (Fsp3) is 0.565. The minimum Gasteiger partial charge on any atom is -0.450 e. The number of nitrogens with one attached hydrogen (secondary N) is 1. The maximum absolute atomic E-state index is 13.5. The highest BCUT2D eigenvalue weighted by atomic mass is 19.1. The number of pyridine rings is 1. The zero-order valence-electron chi connectivity index (χ0n) is 18.5. The number of alkyl halides is 1. The van der Waals surface area contributed by atoms with Crippen molar-refractivity contribution in [2.24, 2.45) is 5.41 Å². The van der Waals surface area contributed by atoms with Gasteiger partial charge in [-0.1, -0.05) is 0 Å². The predicted molar refractivity (Wildman–Crippen MR) is 120 cm³/mol. The van der Waals surface area contributed by atoms with E-state index in [1.165, 1.54) is 0 Å². The van der Waals surface area contributed by atoms with Gasteiger partial charge in [-0.3, -0.25) is 9.97 Å². The van der Waals surface area contributed by atoms with E-state index in [4.69, 9.17) is 4.74 Å². The minimum absolute atomic E-state index is 0.216. The summed E-state index contributed by atoms with van der Waals surface area (Å²) < 4.78 is 18.3. The topological polar surface area (TPSA) is 83.5 Å². The molecule has 1 aliphatic carbocycles. The van der Waals surface area contributed by atoms with E-state index in [-0.39, 0.29) is 11.5 Å². The van der Waals surface area contributed by atoms with E-state index in [0.29, 0.717) is 26.1 Å². The highest BCUT2D eigenvalue weighted by Crippen LogP contribution is 2.47. The van der Waals surface area contributed by atoms with Gasteiger partial charge >= 0.3 is 6.09 Å². The van der Waals surface area contributed by atoms with E-state index in [1.54, 1.807) is 30.4 Å². The Morgan fingerprint density at radius 1 is 1.25 bits per heavy atom. The summed E-state index contributed by atoms with van der Waals surface area (Å²) in [7, 11) is 0. The average Bonchev–Trinajstić information content (AvgIpc) is 3.21. The molecule has 0 aromatic carbocycles. The molecule has 4 heterocycles. The first kappa shape index (κ1) is 22.4. The molecule has 172 valence electrons. The summed E-state index contributed by atoms with van der Waals surface area (Å²) in [6.45, 7) is 7.21. The third-order valence-electron chi connectivity index (χ3n) is 6.38. The van der Waals surface area contributed by atoms with Gasteiger partial charge in [0.1, 0.15) is 12.0 Å². The number of anilines is 1. The number of ether oxygens (including phenoxy) is 1. The largest absolute Gasteiger partial charge is 0.450 e. The molecule has 0 radical (unpaired) electrons. The van der Waals surface area contributed by atoms with Crippen LogP contribution in [-0.2, 0) is 4.74 Å². The van der Waals surface area contributed by atoms with E-state index in [0.717, 1.165) is 56.1 Å². The molecule has 1 saturated carbocycles. The van der Waals surface area contributed by atoms with Gasteiger partial charge in [0.2, 0.25) is 0 Å². The van der Waals surface area contributed by atoms with Gasteiger partial charge in [0.05, 0.1) is 18.5 Å². The fourth-order valence-electron chi connectivity index (χ4n) is 4.67. The third-order valence-corrected chi connectivity index (χ3v) is 6.38. The molecule has 1 unspecified atom stereocenters. The van der Waals surface area contributed by atoms with Gasteiger partial charge in [0.15, 0.2) is 0 Å². The number of carbonyl (C=O) groups excluding carboxylic acids is 1. The Bertz CT molecular complexity index is 887. The Morgan fingerprint density at radius 3 is 2.72 bits per heavy atom. The lowest BCUT2D eigenvalue weighted by atomic mass is 9.77. The summed E-state index contributed by atoms with van der Waals surface area (Å²) in [5.74, 6) is 1.000. The lowest BCUT2D eigenvalue weighted by molar-refractivity contribution is -0.0358. The smallest absolute Gasteiger partial charge is 0.409 e. The number of aromatic nitrogens is 3. The van der Waals surface area contributed by atoms with Gasteiger partial charge < -0.3 is 19.9 Å². The van der Waals surface area contributed by atoms with Crippen molar-refractivity contribution < 1.29 is 13.9 Å². The second kappa shape index (κ2) is 10.2. The molecule has 1 N–H and O–H groups in total. The standard InChI is InChI=1S/C13H15N5.C10H16FNO2/c1-2-11(12-10-15-4-5-16-12)13(17-3-1)18-8-6-14-7-9-18;1-2-14-9(13)12-6-10(7-12)5-3-4-8(10)11/h1-5,10,14H,6-9H2;8H,2-7H2,1H3. The molecular weight excluding hydrogens is 411 g/mol. The first-order chi connectivity index (χ1) is 15.6. The van der Waals surface area contributed by atoms with Crippen LogP contribution in [0.5, 0.6) is 0 Å². The summed E-state index contributed by atoms with van der Waals surface area (Å²) >= 11 is 0. The van der Waals surface area contributed by atoms with Crippen LogP contribution in [0.4, 0.5) is 15.0 Å². The Kier molecular flexibility index (Phi) is 7.14. The number of rotatable bonds is 3. The summed E-state index contributed by atoms with van der Waals surface area (Å²) in [4.78, 5) is 28.1. The Hall–Kier alpha value is -2.81. The maximum Gasteiger partial charge on any atom is 0.409 e. The van der Waals surface area contributed by atoms with Crippen molar-refractivity contribution in [3.8, 4) is 11.3 Å². The van der Waals surface area contributed by atoms with Gasteiger partial charge in [-0.05, 0) is 38.3 Å². The van der Waals surface area contributed by atoms with E-state index in [9.17, 15) is 9.18 Å². The SMILES string of the molecule is CCOC(=O)N1CC2(CCCC2F)C1.c1cnc(N2CCNCC2)c(-c2cnccn2)c1. The Balaban J connectivity index is 0.000000158. The number of hydrogen-bond donors (Lipinski definition) is 1. The predicted octanol–water partition coefficient (Wildman–Crippen LogP) is 2.92. The van der Waals surface area contributed by atoms with Gasteiger partial charge in [-0.2, -0.15) is 0 Å². The number of nitrogens with zero attached hydrogens (tertiary/aromatic N) is 5. The van der Waals surface area contributed by atoms with Crippen LogP contribution in [0.2, 0.25) is 0 Å². The first-order valence-electron chi connectivity index (χ1n) is 11.4. The van der Waals surface area contributed by atoms with E-state index in [2.05, 4.69) is 25.2 Å². The molecule has 3 fully saturated rings. The van der Waals surface area contributed by atoms with E-state index in [1.807, 2.05) is 18.3 Å². The molecule has 1 atom stereocenters. The van der Waals surface area contributed by atoms with Gasteiger partial charge in [0.25, 0.3) is 0 Å². The number of halogens is 1. The zero-order valence-corrected chi connectivity index (χ0v) is 18.5. The molecule has 2 aromatic rings. The molecule has 9 heteroatoms. The molecule has 8 nitrogen and oxygen atoms in total. The lowest BCUT2D eigenvalue weighted by Gasteiger charge is -2.48. The molecule has 2 aliphatic heterocycles. The van der Waals surface area contributed by atoms with Crippen molar-refractivity contribution in [3.05, 3.63) is 36.9 Å². The summed E-state index contributed by atoms with van der Waals surface area (Å²) in [6.07, 6.45) is 8.54. The van der Waals surface area contributed by atoms with Gasteiger partial charge in [0, 0.05) is 68.8 Å². The average molecular weight is 443 g/mol. The number of amides is 1. The molecule has 1 spiro atoms. The fourth-order valence-corrected chi connectivity index (χ4v) is 4.67. The molecule has 2 saturated heterocycles. The molecule has 1 amide bonds. The summed E-state index contributed by atoms with van der Waals surface area (Å²) in [5.41, 5.74) is 1.71. The van der Waals surface area contributed by atoms with Crippen LogP contribution in [0, 0.1) is 5.41 Å². The summed E-state index contributed by atoms with van der Waals surface area (Å²) in [5, 5.41) is 3.35.